The summed E-state index contributed by atoms with van der Waals surface area (Å²) < 4.78 is 17.0. The first-order chi connectivity index (χ1) is 11.2. The molecule has 2 saturated heterocycles. The van der Waals surface area contributed by atoms with Crippen LogP contribution in [0.15, 0.2) is 18.2 Å². The second-order valence-electron chi connectivity index (χ2n) is 6.34. The molecule has 23 heavy (non-hydrogen) atoms. The van der Waals surface area contributed by atoms with Gasteiger partial charge < -0.3 is 19.1 Å². The summed E-state index contributed by atoms with van der Waals surface area (Å²) in [5.74, 6) is 1.24. The zero-order chi connectivity index (χ0) is 15.8. The fraction of sp³-hybridized carbons (Fsp3) is 0.588. The van der Waals surface area contributed by atoms with E-state index in [9.17, 15) is 4.79 Å². The van der Waals surface area contributed by atoms with Crippen molar-refractivity contribution in [2.45, 2.75) is 31.7 Å². The van der Waals surface area contributed by atoms with Crippen LogP contribution >= 0.6 is 11.6 Å². The van der Waals surface area contributed by atoms with Crippen LogP contribution in [-0.2, 0) is 20.7 Å². The SMILES string of the molecule is O=C(C1Cc2cc(Cl)ccc2O1)N1CCC(C2OCCO2)CC1. The van der Waals surface area contributed by atoms with Gasteiger partial charge in [0.15, 0.2) is 12.4 Å². The number of likely N-dealkylation sites (tertiary alicyclic amines) is 1. The number of hydrogen-bond donors (Lipinski definition) is 0. The summed E-state index contributed by atoms with van der Waals surface area (Å²) in [7, 11) is 0. The average molecular weight is 338 g/mol. The van der Waals surface area contributed by atoms with E-state index in [2.05, 4.69) is 0 Å². The number of carbonyl (C=O) groups excluding carboxylic acids is 1. The predicted octanol–water partition coefficient (Wildman–Crippen LogP) is 2.25. The molecule has 6 heteroatoms. The number of rotatable bonds is 2. The largest absolute Gasteiger partial charge is 0.480 e. The van der Waals surface area contributed by atoms with Gasteiger partial charge in [-0.1, -0.05) is 11.6 Å². The highest BCUT2D eigenvalue weighted by molar-refractivity contribution is 6.30. The van der Waals surface area contributed by atoms with Crippen molar-refractivity contribution in [1.82, 2.24) is 4.90 Å². The molecule has 1 unspecified atom stereocenters. The van der Waals surface area contributed by atoms with Crippen LogP contribution in [0.4, 0.5) is 0 Å². The first-order valence-corrected chi connectivity index (χ1v) is 8.55. The van der Waals surface area contributed by atoms with Crippen molar-refractivity contribution in [2.24, 2.45) is 5.92 Å². The lowest BCUT2D eigenvalue weighted by atomic mass is 9.95. The van der Waals surface area contributed by atoms with E-state index >= 15 is 0 Å². The number of amides is 1. The van der Waals surface area contributed by atoms with E-state index in [1.807, 2.05) is 17.0 Å². The van der Waals surface area contributed by atoms with Crippen LogP contribution in [0.2, 0.25) is 5.02 Å². The second-order valence-corrected chi connectivity index (χ2v) is 6.77. The molecule has 0 saturated carbocycles. The maximum atomic E-state index is 12.7. The zero-order valence-electron chi connectivity index (χ0n) is 12.9. The maximum Gasteiger partial charge on any atom is 0.263 e. The minimum Gasteiger partial charge on any atom is -0.480 e. The van der Waals surface area contributed by atoms with Gasteiger partial charge in [0.25, 0.3) is 5.91 Å². The fourth-order valence-electron chi connectivity index (χ4n) is 3.60. The summed E-state index contributed by atoms with van der Waals surface area (Å²) in [5.41, 5.74) is 1.01. The van der Waals surface area contributed by atoms with Crippen LogP contribution < -0.4 is 4.74 Å². The Kier molecular flexibility index (Phi) is 4.18. The van der Waals surface area contributed by atoms with Gasteiger partial charge >= 0.3 is 0 Å². The van der Waals surface area contributed by atoms with Gasteiger partial charge in [-0.15, -0.1) is 0 Å². The standard InChI is InChI=1S/C17H20ClNO4/c18-13-1-2-14-12(9-13)10-15(23-14)16(20)19-5-3-11(4-6-19)17-21-7-8-22-17/h1-2,9,11,15,17H,3-8,10H2. The van der Waals surface area contributed by atoms with Gasteiger partial charge in [0, 0.05) is 30.5 Å². The highest BCUT2D eigenvalue weighted by Crippen LogP contribution is 2.33. The third-order valence-corrected chi connectivity index (χ3v) is 5.09. The van der Waals surface area contributed by atoms with Crippen LogP contribution in [0.5, 0.6) is 5.75 Å². The lowest BCUT2D eigenvalue weighted by Gasteiger charge is -2.34. The van der Waals surface area contributed by atoms with Crippen LogP contribution in [0.3, 0.4) is 0 Å². The number of benzene rings is 1. The Labute approximate surface area is 140 Å². The van der Waals surface area contributed by atoms with Gasteiger partial charge in [-0.3, -0.25) is 4.79 Å². The molecule has 0 spiro atoms. The number of hydrogen-bond acceptors (Lipinski definition) is 4. The molecule has 5 nitrogen and oxygen atoms in total. The number of halogens is 1. The number of carbonyl (C=O) groups is 1. The van der Waals surface area contributed by atoms with Gasteiger partial charge in [0.2, 0.25) is 0 Å². The summed E-state index contributed by atoms with van der Waals surface area (Å²) in [6, 6.07) is 5.51. The van der Waals surface area contributed by atoms with Crippen LogP contribution in [-0.4, -0.2) is 49.5 Å². The smallest absolute Gasteiger partial charge is 0.263 e. The average Bonchev–Trinajstić information content (AvgIpc) is 3.23. The molecule has 4 rings (SSSR count). The lowest BCUT2D eigenvalue weighted by Crippen LogP contribution is -2.46. The summed E-state index contributed by atoms with van der Waals surface area (Å²) in [6.45, 7) is 2.84. The van der Waals surface area contributed by atoms with E-state index in [0.29, 0.717) is 30.6 Å². The first-order valence-electron chi connectivity index (χ1n) is 8.18. The normalized spacial score (nSPS) is 25.4. The Hall–Kier alpha value is -1.30. The van der Waals surface area contributed by atoms with E-state index in [1.54, 1.807) is 6.07 Å². The molecular weight excluding hydrogens is 318 g/mol. The molecule has 0 radical (unpaired) electrons. The summed E-state index contributed by atoms with van der Waals surface area (Å²) in [4.78, 5) is 14.6. The van der Waals surface area contributed by atoms with Gasteiger partial charge in [0.1, 0.15) is 5.75 Å². The van der Waals surface area contributed by atoms with Crippen LogP contribution in [0, 0.1) is 5.92 Å². The van der Waals surface area contributed by atoms with E-state index in [-0.39, 0.29) is 12.2 Å². The Morgan fingerprint density at radius 1 is 1.17 bits per heavy atom. The van der Waals surface area contributed by atoms with Crippen molar-refractivity contribution >= 4 is 17.5 Å². The second kappa shape index (κ2) is 6.30. The molecule has 0 aliphatic carbocycles. The van der Waals surface area contributed by atoms with Crippen molar-refractivity contribution < 1.29 is 19.0 Å². The van der Waals surface area contributed by atoms with Crippen molar-refractivity contribution in [3.8, 4) is 5.75 Å². The Morgan fingerprint density at radius 2 is 1.91 bits per heavy atom. The van der Waals surface area contributed by atoms with E-state index in [4.69, 9.17) is 25.8 Å². The topological polar surface area (TPSA) is 48.0 Å². The van der Waals surface area contributed by atoms with E-state index in [1.165, 1.54) is 0 Å². The molecule has 2 fully saturated rings. The minimum absolute atomic E-state index is 0.0732. The Balaban J connectivity index is 1.34. The number of fused-ring (bicyclic) bond motifs is 1. The van der Waals surface area contributed by atoms with Gasteiger partial charge in [-0.05, 0) is 36.6 Å². The third kappa shape index (κ3) is 3.05. The van der Waals surface area contributed by atoms with Crippen molar-refractivity contribution in [3.63, 3.8) is 0 Å². The zero-order valence-corrected chi connectivity index (χ0v) is 13.6. The molecule has 3 aliphatic rings. The summed E-state index contributed by atoms with van der Waals surface area (Å²) in [6.07, 6.45) is 1.94. The number of piperidine rings is 1. The highest BCUT2D eigenvalue weighted by atomic mass is 35.5. The molecule has 1 aromatic rings. The molecular formula is C17H20ClNO4. The highest BCUT2D eigenvalue weighted by Gasteiger charge is 2.36. The molecule has 0 N–H and O–H groups in total. The molecule has 1 aromatic carbocycles. The maximum absolute atomic E-state index is 12.7. The van der Waals surface area contributed by atoms with Gasteiger partial charge in [-0.25, -0.2) is 0 Å². The molecule has 0 bridgehead atoms. The number of ether oxygens (including phenoxy) is 3. The number of nitrogens with zero attached hydrogens (tertiary/aromatic N) is 1. The van der Waals surface area contributed by atoms with Gasteiger partial charge in [0.05, 0.1) is 13.2 Å². The van der Waals surface area contributed by atoms with Gasteiger partial charge in [-0.2, -0.15) is 0 Å². The van der Waals surface area contributed by atoms with Crippen molar-refractivity contribution in [1.29, 1.82) is 0 Å². The van der Waals surface area contributed by atoms with E-state index in [0.717, 1.165) is 37.2 Å². The molecule has 1 amide bonds. The monoisotopic (exact) mass is 337 g/mol. The van der Waals surface area contributed by atoms with Crippen LogP contribution in [0.25, 0.3) is 0 Å². The first kappa shape index (κ1) is 15.2. The molecule has 0 aromatic heterocycles. The molecule has 124 valence electrons. The van der Waals surface area contributed by atoms with Crippen LogP contribution in [0.1, 0.15) is 18.4 Å². The summed E-state index contributed by atoms with van der Waals surface area (Å²) >= 11 is 6.00. The summed E-state index contributed by atoms with van der Waals surface area (Å²) in [5, 5.41) is 0.679. The van der Waals surface area contributed by atoms with E-state index < -0.39 is 6.10 Å². The lowest BCUT2D eigenvalue weighted by molar-refractivity contribution is -0.143. The minimum atomic E-state index is -0.418. The molecule has 3 heterocycles. The fourth-order valence-corrected chi connectivity index (χ4v) is 3.79. The third-order valence-electron chi connectivity index (χ3n) is 4.86. The quantitative estimate of drug-likeness (QED) is 0.830. The van der Waals surface area contributed by atoms with Crippen molar-refractivity contribution in [3.05, 3.63) is 28.8 Å². The Morgan fingerprint density at radius 3 is 2.65 bits per heavy atom. The van der Waals surface area contributed by atoms with Crippen molar-refractivity contribution in [2.75, 3.05) is 26.3 Å². The molecule has 3 aliphatic heterocycles. The predicted molar refractivity (Wildman–Crippen MR) is 84.6 cm³/mol. The molecule has 1 atom stereocenters. The Bertz CT molecular complexity index is 594.